The highest BCUT2D eigenvalue weighted by Crippen LogP contribution is 2.25. The van der Waals surface area contributed by atoms with Crippen molar-refractivity contribution in [1.29, 1.82) is 0 Å². The van der Waals surface area contributed by atoms with Crippen molar-refractivity contribution in [2.75, 3.05) is 18.1 Å². The average Bonchev–Trinajstić information content (AvgIpc) is 3.27. The minimum Gasteiger partial charge on any atom is -0.390 e. The zero-order valence-corrected chi connectivity index (χ0v) is 36.6. The summed E-state index contributed by atoms with van der Waals surface area (Å²) in [6.45, 7) is 5.42. The first-order valence-electron chi connectivity index (χ1n) is 20.7. The van der Waals surface area contributed by atoms with E-state index >= 15 is 0 Å². The molecule has 0 saturated carbocycles. The summed E-state index contributed by atoms with van der Waals surface area (Å²) in [5.41, 5.74) is 0. The predicted molar refractivity (Wildman–Crippen MR) is 244 cm³/mol. The van der Waals surface area contributed by atoms with Crippen LogP contribution in [-0.2, 0) is 14.3 Å². The molecule has 1 heterocycles. The number of amides is 1. The maximum Gasteiger partial charge on any atom is 0.297 e. The SMILES string of the molecule is CC#CC#CC#CC#CC#CC#CC#CC#CC#CC#CC#CC#CC(=O)N[C@@H](CO[C@H]1OC(CSCC)[C@H](O)[C@H](O)C1O)[C@H](O)[C@H](O)CCCCCCCCCCCCCC. The van der Waals surface area contributed by atoms with Gasteiger partial charge >= 0.3 is 0 Å². The second kappa shape index (κ2) is 38.2. The Morgan fingerprint density at radius 3 is 1.45 bits per heavy atom. The van der Waals surface area contributed by atoms with Gasteiger partial charge in [0.1, 0.15) is 24.4 Å². The van der Waals surface area contributed by atoms with Gasteiger partial charge in [-0.2, -0.15) is 11.8 Å². The Labute approximate surface area is 374 Å². The molecule has 1 rings (SSSR count). The predicted octanol–water partition coefficient (Wildman–Crippen LogP) is 2.92. The van der Waals surface area contributed by atoms with Gasteiger partial charge in [-0.05, 0) is 114 Å². The molecule has 0 radical (unpaired) electrons. The summed E-state index contributed by atoms with van der Waals surface area (Å²) in [6.07, 6.45) is 4.81. The van der Waals surface area contributed by atoms with Crippen LogP contribution in [0.1, 0.15) is 104 Å². The van der Waals surface area contributed by atoms with E-state index in [-0.39, 0.29) is 0 Å². The molecule has 0 aromatic heterocycles. The molecule has 322 valence electrons. The monoisotopic (exact) mass is 853 g/mol. The maximum atomic E-state index is 12.8. The number of aliphatic hydroxyl groups excluding tert-OH is 5. The Morgan fingerprint density at radius 2 is 1.02 bits per heavy atom. The van der Waals surface area contributed by atoms with Crippen molar-refractivity contribution in [3.63, 3.8) is 0 Å². The number of aliphatic hydroxyl groups is 5. The molecule has 62 heavy (non-hydrogen) atoms. The van der Waals surface area contributed by atoms with Gasteiger partial charge in [0.15, 0.2) is 6.29 Å². The van der Waals surface area contributed by atoms with Gasteiger partial charge in [0, 0.05) is 47.2 Å². The molecule has 10 heteroatoms. The average molecular weight is 854 g/mol. The Kier molecular flexibility index (Phi) is 33.4. The number of carbonyl (C=O) groups excluding carboxylic acids is 1. The normalized spacial score (nSPS) is 17.6. The van der Waals surface area contributed by atoms with Gasteiger partial charge in [0.2, 0.25) is 0 Å². The molecule has 0 aromatic carbocycles. The highest BCUT2D eigenvalue weighted by atomic mass is 32.2. The quantitative estimate of drug-likeness (QED) is 0.0715. The van der Waals surface area contributed by atoms with Gasteiger partial charge < -0.3 is 40.3 Å². The topological polar surface area (TPSA) is 149 Å². The largest absolute Gasteiger partial charge is 0.390 e. The van der Waals surface area contributed by atoms with Crippen LogP contribution in [0.3, 0.4) is 0 Å². The summed E-state index contributed by atoms with van der Waals surface area (Å²) in [5, 5.41) is 56.0. The number of hydrogen-bond donors (Lipinski definition) is 6. The summed E-state index contributed by atoms with van der Waals surface area (Å²) in [4.78, 5) is 12.8. The van der Waals surface area contributed by atoms with E-state index < -0.39 is 61.5 Å². The Hall–Kier alpha value is -5.74. The molecule has 1 aliphatic rings. The van der Waals surface area contributed by atoms with E-state index in [4.69, 9.17) is 9.47 Å². The lowest BCUT2D eigenvalue weighted by Crippen LogP contribution is -2.60. The van der Waals surface area contributed by atoms with Crippen LogP contribution in [0, 0.1) is 142 Å². The molecular formula is C52H55NO8S. The molecule has 8 atom stereocenters. The van der Waals surface area contributed by atoms with Crippen LogP contribution in [0.15, 0.2) is 0 Å². The minimum atomic E-state index is -1.60. The minimum absolute atomic E-state index is 0.290. The van der Waals surface area contributed by atoms with Crippen molar-refractivity contribution in [2.45, 2.75) is 153 Å². The third-order valence-corrected chi connectivity index (χ3v) is 9.66. The third-order valence-electron chi connectivity index (χ3n) is 8.68. The summed E-state index contributed by atoms with van der Waals surface area (Å²) < 4.78 is 11.5. The van der Waals surface area contributed by atoms with E-state index in [1.54, 1.807) is 6.92 Å². The van der Waals surface area contributed by atoms with Crippen LogP contribution in [0.25, 0.3) is 0 Å². The number of carbonyl (C=O) groups is 1. The van der Waals surface area contributed by atoms with Crippen LogP contribution in [0.4, 0.5) is 0 Å². The fourth-order valence-electron chi connectivity index (χ4n) is 5.46. The molecule has 0 bridgehead atoms. The summed E-state index contributed by atoms with van der Waals surface area (Å²) >= 11 is 1.48. The highest BCUT2D eigenvalue weighted by Gasteiger charge is 2.44. The molecule has 1 amide bonds. The zero-order chi connectivity index (χ0) is 45.3. The van der Waals surface area contributed by atoms with Gasteiger partial charge in [0.05, 0.1) is 24.9 Å². The van der Waals surface area contributed by atoms with Gasteiger partial charge in [-0.15, -0.1) is 0 Å². The molecule has 9 nitrogen and oxygen atoms in total. The van der Waals surface area contributed by atoms with Crippen molar-refractivity contribution in [1.82, 2.24) is 5.32 Å². The molecule has 1 fully saturated rings. The van der Waals surface area contributed by atoms with E-state index in [2.05, 4.69) is 154 Å². The standard InChI is InChI=1S/C52H55NO8S/c1-4-7-9-11-13-15-17-19-20-21-22-23-24-25-26-27-28-29-31-33-35-37-39-41-47(55)53-44(42-60-52-51(59)50(58)49(57)46(61-52)43-62-6-3)48(56)45(54)40-38-36-34-32-30-18-16-14-12-10-8-5-2/h44-46,48-52,54,56-59H,5-6,8,10,12,14,16,18,30,32,34,36,38,40,42-43H2,1-3H3,(H,53,55)/t44-,45+,46?,48-,49-,50-,51?,52-/m0/s1. The van der Waals surface area contributed by atoms with E-state index in [0.717, 1.165) is 25.0 Å². The first-order chi connectivity index (χ1) is 30.3. The van der Waals surface area contributed by atoms with Crippen molar-refractivity contribution in [3.8, 4) is 142 Å². The number of hydrogen-bond acceptors (Lipinski definition) is 9. The Bertz CT molecular complexity index is 2180. The number of thioether (sulfide) groups is 1. The van der Waals surface area contributed by atoms with E-state index in [1.807, 2.05) is 6.92 Å². The second-order valence-electron chi connectivity index (χ2n) is 13.4. The first kappa shape index (κ1) is 54.3. The van der Waals surface area contributed by atoms with Gasteiger partial charge in [-0.1, -0.05) is 96.8 Å². The number of ether oxygens (including phenoxy) is 2. The molecule has 2 unspecified atom stereocenters. The van der Waals surface area contributed by atoms with Crippen molar-refractivity contribution < 1.29 is 39.8 Å². The first-order valence-corrected chi connectivity index (χ1v) is 21.9. The molecule has 0 aliphatic carbocycles. The molecule has 1 aliphatic heterocycles. The van der Waals surface area contributed by atoms with Crippen LogP contribution in [0.2, 0.25) is 0 Å². The summed E-state index contributed by atoms with van der Waals surface area (Å²) in [7, 11) is 0. The van der Waals surface area contributed by atoms with Crippen molar-refractivity contribution in [3.05, 3.63) is 0 Å². The molecule has 1 saturated heterocycles. The highest BCUT2D eigenvalue weighted by molar-refractivity contribution is 7.99. The van der Waals surface area contributed by atoms with Crippen LogP contribution < -0.4 is 5.32 Å². The third kappa shape index (κ3) is 27.9. The molecule has 0 aromatic rings. The van der Waals surface area contributed by atoms with Gasteiger partial charge in [-0.25, -0.2) is 0 Å². The van der Waals surface area contributed by atoms with Crippen LogP contribution in [0.5, 0.6) is 0 Å². The second-order valence-corrected chi connectivity index (χ2v) is 14.8. The molecule has 6 N–H and O–H groups in total. The van der Waals surface area contributed by atoms with Crippen molar-refractivity contribution in [2.24, 2.45) is 0 Å². The van der Waals surface area contributed by atoms with Crippen molar-refractivity contribution >= 4 is 17.7 Å². The maximum absolute atomic E-state index is 12.8. The lowest BCUT2D eigenvalue weighted by Gasteiger charge is -2.41. The van der Waals surface area contributed by atoms with Crippen LogP contribution in [-0.4, -0.2) is 98.5 Å². The fourth-order valence-corrected chi connectivity index (χ4v) is 6.21. The number of nitrogens with one attached hydrogen (secondary N) is 1. The lowest BCUT2D eigenvalue weighted by molar-refractivity contribution is -0.294. The Morgan fingerprint density at radius 1 is 0.597 bits per heavy atom. The summed E-state index contributed by atoms with van der Waals surface area (Å²) in [5.74, 6) is 59.9. The number of rotatable bonds is 22. The van der Waals surface area contributed by atoms with Gasteiger partial charge in [-0.3, -0.25) is 4.79 Å². The lowest BCUT2D eigenvalue weighted by atomic mass is 9.98. The van der Waals surface area contributed by atoms with Gasteiger partial charge in [0.25, 0.3) is 5.91 Å². The summed E-state index contributed by atoms with van der Waals surface area (Å²) in [6, 6.07) is -1.18. The van der Waals surface area contributed by atoms with E-state index in [0.29, 0.717) is 18.6 Å². The Balaban J connectivity index is 2.79. The van der Waals surface area contributed by atoms with E-state index in [1.165, 1.54) is 63.1 Å². The fraction of sp³-hybridized carbons (Fsp3) is 0.519. The van der Waals surface area contributed by atoms with E-state index in [9.17, 15) is 30.3 Å². The smallest absolute Gasteiger partial charge is 0.297 e. The molecular weight excluding hydrogens is 799 g/mol. The molecule has 0 spiro atoms. The zero-order valence-electron chi connectivity index (χ0n) is 35.8. The van der Waals surface area contributed by atoms with Crippen LogP contribution >= 0.6 is 11.8 Å². The number of unbranched alkanes of at least 4 members (excludes halogenated alkanes) is 11.